The average Bonchev–Trinajstić information content (AvgIpc) is 2.68. The second-order valence-electron chi connectivity index (χ2n) is 7.66. The molecule has 0 N–H and O–H groups in total. The Morgan fingerprint density at radius 2 is 1.37 bits per heavy atom. The van der Waals surface area contributed by atoms with Gasteiger partial charge in [-0.05, 0) is 50.2 Å². The minimum Gasteiger partial charge on any atom is -0.248 e. The van der Waals surface area contributed by atoms with E-state index in [0.717, 1.165) is 30.7 Å². The lowest BCUT2D eigenvalue weighted by Gasteiger charge is -2.06. The lowest BCUT2D eigenvalue weighted by Crippen LogP contribution is -1.95. The second-order valence-corrected chi connectivity index (χ2v) is 7.66. The van der Waals surface area contributed by atoms with Gasteiger partial charge in [0.05, 0.1) is 6.17 Å². The Labute approximate surface area is 164 Å². The van der Waals surface area contributed by atoms with Gasteiger partial charge in [-0.1, -0.05) is 69.7 Å². The fourth-order valence-electron chi connectivity index (χ4n) is 3.33. The summed E-state index contributed by atoms with van der Waals surface area (Å²) in [5.41, 5.74) is 3.51. The van der Waals surface area contributed by atoms with E-state index in [4.69, 9.17) is 0 Å². The number of nitrogens with zero attached hydrogens (tertiary/aromatic N) is 2. The maximum absolute atomic E-state index is 12.9. The Kier molecular flexibility index (Phi) is 10.0. The SMILES string of the molecule is CCCCCCCCCc1cnc(-c2ccc(CCCC(C)F)cc2)nc1. The lowest BCUT2D eigenvalue weighted by molar-refractivity contribution is 0.334. The molecule has 0 saturated heterocycles. The van der Waals surface area contributed by atoms with Gasteiger partial charge in [-0.15, -0.1) is 0 Å². The van der Waals surface area contributed by atoms with Gasteiger partial charge >= 0.3 is 0 Å². The number of aromatic nitrogens is 2. The van der Waals surface area contributed by atoms with Crippen molar-refractivity contribution < 1.29 is 4.39 Å². The first-order chi connectivity index (χ1) is 13.2. The number of benzene rings is 1. The van der Waals surface area contributed by atoms with Crippen LogP contribution in [0, 0.1) is 0 Å². The molecule has 1 heterocycles. The van der Waals surface area contributed by atoms with Gasteiger partial charge in [0.1, 0.15) is 0 Å². The van der Waals surface area contributed by atoms with Crippen molar-refractivity contribution >= 4 is 0 Å². The summed E-state index contributed by atoms with van der Waals surface area (Å²) in [6, 6.07) is 8.35. The third-order valence-electron chi connectivity index (χ3n) is 5.05. The van der Waals surface area contributed by atoms with E-state index in [1.54, 1.807) is 6.92 Å². The van der Waals surface area contributed by atoms with Crippen LogP contribution in [0.5, 0.6) is 0 Å². The molecule has 2 aromatic rings. The van der Waals surface area contributed by atoms with Gasteiger partial charge in [-0.3, -0.25) is 0 Å². The van der Waals surface area contributed by atoms with Crippen LogP contribution in [0.4, 0.5) is 4.39 Å². The maximum atomic E-state index is 12.9. The molecular formula is C24H35FN2. The van der Waals surface area contributed by atoms with E-state index in [0.29, 0.717) is 6.42 Å². The number of hydrogen-bond acceptors (Lipinski definition) is 2. The molecule has 3 heteroatoms. The molecule has 1 unspecified atom stereocenters. The van der Waals surface area contributed by atoms with Crippen molar-refractivity contribution in [3.63, 3.8) is 0 Å². The molecule has 0 amide bonds. The van der Waals surface area contributed by atoms with Crippen LogP contribution in [0.15, 0.2) is 36.7 Å². The summed E-state index contributed by atoms with van der Waals surface area (Å²) in [4.78, 5) is 9.09. The van der Waals surface area contributed by atoms with Gasteiger partial charge in [0.15, 0.2) is 5.82 Å². The number of aryl methyl sites for hydroxylation is 2. The Balaban J connectivity index is 1.74. The minimum absolute atomic E-state index is 0.630. The first-order valence-electron chi connectivity index (χ1n) is 10.7. The summed E-state index contributed by atoms with van der Waals surface area (Å²) < 4.78 is 12.9. The van der Waals surface area contributed by atoms with Gasteiger partial charge in [0.25, 0.3) is 0 Å². The minimum atomic E-state index is -0.711. The number of rotatable bonds is 13. The normalized spacial score (nSPS) is 12.3. The largest absolute Gasteiger partial charge is 0.248 e. The number of halogens is 1. The fraction of sp³-hybridized carbons (Fsp3) is 0.583. The number of hydrogen-bond donors (Lipinski definition) is 0. The molecule has 27 heavy (non-hydrogen) atoms. The third-order valence-corrected chi connectivity index (χ3v) is 5.05. The molecule has 1 aromatic heterocycles. The van der Waals surface area contributed by atoms with E-state index < -0.39 is 6.17 Å². The highest BCUT2D eigenvalue weighted by Gasteiger charge is 2.03. The summed E-state index contributed by atoms with van der Waals surface area (Å²) >= 11 is 0. The first-order valence-corrected chi connectivity index (χ1v) is 10.7. The molecule has 148 valence electrons. The molecule has 0 fully saturated rings. The van der Waals surface area contributed by atoms with Gasteiger partial charge in [-0.25, -0.2) is 14.4 Å². The molecule has 2 nitrogen and oxygen atoms in total. The molecule has 0 bridgehead atoms. The predicted octanol–water partition coefficient (Wildman–Crippen LogP) is 7.12. The highest BCUT2D eigenvalue weighted by molar-refractivity contribution is 5.55. The number of alkyl halides is 1. The fourth-order valence-corrected chi connectivity index (χ4v) is 3.33. The van der Waals surface area contributed by atoms with Crippen molar-refractivity contribution in [3.8, 4) is 11.4 Å². The molecule has 2 rings (SSSR count). The summed E-state index contributed by atoms with van der Waals surface area (Å²) in [6.45, 7) is 3.88. The summed E-state index contributed by atoms with van der Waals surface area (Å²) in [5.74, 6) is 0.780. The molecule has 0 spiro atoms. The van der Waals surface area contributed by atoms with Crippen LogP contribution in [-0.2, 0) is 12.8 Å². The Bertz CT molecular complexity index is 620. The van der Waals surface area contributed by atoms with Crippen LogP contribution in [0.3, 0.4) is 0 Å². The van der Waals surface area contributed by atoms with Crippen molar-refractivity contribution in [1.82, 2.24) is 9.97 Å². The van der Waals surface area contributed by atoms with Gasteiger partial charge in [-0.2, -0.15) is 0 Å². The first kappa shape index (κ1) is 21.5. The molecule has 1 atom stereocenters. The molecule has 1 aromatic carbocycles. The Morgan fingerprint density at radius 1 is 0.778 bits per heavy atom. The van der Waals surface area contributed by atoms with Crippen molar-refractivity contribution in [2.75, 3.05) is 0 Å². The van der Waals surface area contributed by atoms with Crippen LogP contribution < -0.4 is 0 Å². The van der Waals surface area contributed by atoms with Crippen molar-refractivity contribution in [2.45, 2.75) is 90.6 Å². The molecule has 0 saturated carbocycles. The molecule has 0 radical (unpaired) electrons. The van der Waals surface area contributed by atoms with E-state index in [2.05, 4.69) is 41.2 Å². The molecular weight excluding hydrogens is 335 g/mol. The highest BCUT2D eigenvalue weighted by atomic mass is 19.1. The van der Waals surface area contributed by atoms with Gasteiger partial charge in [0, 0.05) is 18.0 Å². The lowest BCUT2D eigenvalue weighted by atomic mass is 10.0. The van der Waals surface area contributed by atoms with Crippen LogP contribution in [0.2, 0.25) is 0 Å². The standard InChI is InChI=1S/C24H35FN2/c1-3-4-5-6-7-8-9-12-22-18-26-24(27-19-22)23-16-14-21(15-17-23)13-10-11-20(2)25/h14-20H,3-13H2,1-2H3. The van der Waals surface area contributed by atoms with E-state index >= 15 is 0 Å². The predicted molar refractivity (Wildman–Crippen MR) is 113 cm³/mol. The second kappa shape index (κ2) is 12.6. The van der Waals surface area contributed by atoms with Crippen molar-refractivity contribution in [2.24, 2.45) is 0 Å². The zero-order valence-electron chi connectivity index (χ0n) is 17.1. The smallest absolute Gasteiger partial charge is 0.159 e. The summed E-state index contributed by atoms with van der Waals surface area (Å²) in [7, 11) is 0. The van der Waals surface area contributed by atoms with Crippen molar-refractivity contribution in [3.05, 3.63) is 47.8 Å². The number of unbranched alkanes of at least 4 members (excludes halogenated alkanes) is 6. The average molecular weight is 371 g/mol. The van der Waals surface area contributed by atoms with Gasteiger partial charge < -0.3 is 0 Å². The van der Waals surface area contributed by atoms with Crippen molar-refractivity contribution in [1.29, 1.82) is 0 Å². The van der Waals surface area contributed by atoms with E-state index in [9.17, 15) is 4.39 Å². The topological polar surface area (TPSA) is 25.8 Å². The van der Waals surface area contributed by atoms with E-state index in [-0.39, 0.29) is 0 Å². The molecule has 0 aliphatic carbocycles. The highest BCUT2D eigenvalue weighted by Crippen LogP contribution is 2.18. The third kappa shape index (κ3) is 8.64. The monoisotopic (exact) mass is 370 g/mol. The Morgan fingerprint density at radius 3 is 2.00 bits per heavy atom. The summed E-state index contributed by atoms with van der Waals surface area (Å²) in [5, 5.41) is 0. The zero-order valence-corrected chi connectivity index (χ0v) is 17.1. The molecule has 0 aliphatic heterocycles. The van der Waals surface area contributed by atoms with Crippen LogP contribution in [0.25, 0.3) is 11.4 Å². The maximum Gasteiger partial charge on any atom is 0.159 e. The zero-order chi connectivity index (χ0) is 19.3. The van der Waals surface area contributed by atoms with Crippen LogP contribution >= 0.6 is 0 Å². The van der Waals surface area contributed by atoms with Crippen LogP contribution in [0.1, 0.15) is 82.8 Å². The van der Waals surface area contributed by atoms with Crippen LogP contribution in [-0.4, -0.2) is 16.1 Å². The molecule has 0 aliphatic rings. The quantitative estimate of drug-likeness (QED) is 0.351. The van der Waals surface area contributed by atoms with Gasteiger partial charge in [0.2, 0.25) is 0 Å². The summed E-state index contributed by atoms with van der Waals surface area (Å²) in [6.07, 6.45) is 16.0. The van der Waals surface area contributed by atoms with E-state index in [1.165, 1.54) is 56.1 Å². The Hall–Kier alpha value is -1.77. The van der Waals surface area contributed by atoms with E-state index in [1.807, 2.05) is 12.4 Å².